The molecule has 1 fully saturated rings. The predicted octanol–water partition coefficient (Wildman–Crippen LogP) is 3.62. The monoisotopic (exact) mass is 312 g/mol. The molecule has 3 rings (SSSR count). The van der Waals surface area contributed by atoms with Gasteiger partial charge in [-0.3, -0.25) is 9.78 Å². The maximum absolute atomic E-state index is 13.7. The van der Waals surface area contributed by atoms with Gasteiger partial charge >= 0.3 is 0 Å². The number of carbonyl (C=O) groups excluding carboxylic acids is 1. The number of aryl methyl sites for hydroxylation is 1. The number of piperidine rings is 1. The number of likely N-dealkylation sites (tertiary alicyclic amines) is 1. The van der Waals surface area contributed by atoms with Gasteiger partial charge in [-0.15, -0.1) is 0 Å². The molecule has 0 radical (unpaired) electrons. The van der Waals surface area contributed by atoms with Crippen molar-refractivity contribution in [2.45, 2.75) is 26.2 Å². The largest absolute Gasteiger partial charge is 0.338 e. The fourth-order valence-electron chi connectivity index (χ4n) is 3.14. The number of halogens is 1. The number of rotatable bonds is 3. The lowest BCUT2D eigenvalue weighted by Crippen LogP contribution is -2.40. The van der Waals surface area contributed by atoms with Crippen molar-refractivity contribution >= 4 is 5.91 Å². The molecule has 0 N–H and O–H groups in total. The van der Waals surface area contributed by atoms with E-state index in [-0.39, 0.29) is 11.7 Å². The zero-order chi connectivity index (χ0) is 16.2. The summed E-state index contributed by atoms with van der Waals surface area (Å²) in [4.78, 5) is 18.8. The zero-order valence-corrected chi connectivity index (χ0v) is 13.3. The fourth-order valence-corrected chi connectivity index (χ4v) is 3.14. The first kappa shape index (κ1) is 15.7. The second-order valence-electron chi connectivity index (χ2n) is 6.25. The molecule has 1 unspecified atom stereocenters. The predicted molar refractivity (Wildman–Crippen MR) is 87.7 cm³/mol. The normalized spacial score (nSPS) is 18.0. The smallest absolute Gasteiger partial charge is 0.253 e. The van der Waals surface area contributed by atoms with Crippen molar-refractivity contribution < 1.29 is 9.18 Å². The Hall–Kier alpha value is -2.23. The average molecular weight is 312 g/mol. The van der Waals surface area contributed by atoms with E-state index in [2.05, 4.69) is 4.98 Å². The van der Waals surface area contributed by atoms with E-state index in [1.807, 2.05) is 23.1 Å². The first-order chi connectivity index (χ1) is 11.1. The Kier molecular flexibility index (Phi) is 4.70. The molecule has 1 aromatic carbocycles. The van der Waals surface area contributed by atoms with E-state index in [0.717, 1.165) is 31.5 Å². The third-order valence-corrected chi connectivity index (χ3v) is 4.45. The highest BCUT2D eigenvalue weighted by atomic mass is 19.1. The van der Waals surface area contributed by atoms with Gasteiger partial charge in [0, 0.05) is 30.5 Å². The number of aromatic nitrogens is 1. The molecule has 3 nitrogen and oxygen atoms in total. The molecule has 23 heavy (non-hydrogen) atoms. The van der Waals surface area contributed by atoms with Gasteiger partial charge in [-0.1, -0.05) is 12.1 Å². The number of hydrogen-bond donors (Lipinski definition) is 0. The molecular weight excluding hydrogens is 291 g/mol. The number of hydrogen-bond acceptors (Lipinski definition) is 2. The van der Waals surface area contributed by atoms with Crippen LogP contribution in [-0.4, -0.2) is 28.9 Å². The van der Waals surface area contributed by atoms with E-state index in [0.29, 0.717) is 23.6 Å². The molecule has 1 aromatic heterocycles. The molecular formula is C19H21FN2O. The lowest BCUT2D eigenvalue weighted by atomic mass is 9.92. The molecule has 0 bridgehead atoms. The van der Waals surface area contributed by atoms with Crippen molar-refractivity contribution in [3.05, 3.63) is 65.2 Å². The van der Waals surface area contributed by atoms with Crippen molar-refractivity contribution in [2.24, 2.45) is 5.92 Å². The average Bonchev–Trinajstić information content (AvgIpc) is 2.58. The van der Waals surface area contributed by atoms with E-state index < -0.39 is 0 Å². The van der Waals surface area contributed by atoms with Gasteiger partial charge in [0.15, 0.2) is 0 Å². The first-order valence-electron chi connectivity index (χ1n) is 8.09. The molecule has 1 saturated heterocycles. The van der Waals surface area contributed by atoms with Crippen LogP contribution in [0.5, 0.6) is 0 Å². The second-order valence-corrected chi connectivity index (χ2v) is 6.25. The summed E-state index contributed by atoms with van der Waals surface area (Å²) in [6, 6.07) is 10.6. The van der Waals surface area contributed by atoms with Crippen molar-refractivity contribution in [1.29, 1.82) is 0 Å². The van der Waals surface area contributed by atoms with Crippen molar-refractivity contribution in [2.75, 3.05) is 13.1 Å². The van der Waals surface area contributed by atoms with Gasteiger partial charge in [0.05, 0.1) is 0 Å². The van der Waals surface area contributed by atoms with Crippen LogP contribution >= 0.6 is 0 Å². The lowest BCUT2D eigenvalue weighted by molar-refractivity contribution is 0.0672. The third-order valence-electron chi connectivity index (χ3n) is 4.45. The summed E-state index contributed by atoms with van der Waals surface area (Å²) in [5.74, 6) is 0.0189. The number of carbonyl (C=O) groups is 1. The van der Waals surface area contributed by atoms with Crippen LogP contribution in [0.2, 0.25) is 0 Å². The zero-order valence-electron chi connectivity index (χ0n) is 13.3. The van der Waals surface area contributed by atoms with Gasteiger partial charge in [0.2, 0.25) is 0 Å². The minimum atomic E-state index is -0.321. The van der Waals surface area contributed by atoms with Crippen molar-refractivity contribution in [1.82, 2.24) is 9.88 Å². The number of amides is 1. The Balaban J connectivity index is 1.68. The topological polar surface area (TPSA) is 33.2 Å². The molecule has 0 aliphatic carbocycles. The Morgan fingerprint density at radius 1 is 1.35 bits per heavy atom. The summed E-state index contributed by atoms with van der Waals surface area (Å²) in [6.07, 6.45) is 4.77. The molecule has 0 saturated carbocycles. The number of benzene rings is 1. The highest BCUT2D eigenvalue weighted by Crippen LogP contribution is 2.22. The summed E-state index contributed by atoms with van der Waals surface area (Å²) >= 11 is 0. The highest BCUT2D eigenvalue weighted by molar-refractivity contribution is 5.94. The van der Waals surface area contributed by atoms with Crippen LogP contribution in [0.3, 0.4) is 0 Å². The Morgan fingerprint density at radius 2 is 2.22 bits per heavy atom. The lowest BCUT2D eigenvalue weighted by Gasteiger charge is -2.32. The van der Waals surface area contributed by atoms with Crippen molar-refractivity contribution in [3.63, 3.8) is 0 Å². The van der Waals surface area contributed by atoms with E-state index in [1.54, 1.807) is 25.3 Å². The molecule has 1 aliphatic heterocycles. The molecule has 4 heteroatoms. The van der Waals surface area contributed by atoms with Crippen LogP contribution in [0, 0.1) is 18.7 Å². The van der Waals surface area contributed by atoms with Crippen LogP contribution < -0.4 is 0 Å². The Morgan fingerprint density at radius 3 is 2.96 bits per heavy atom. The summed E-state index contributed by atoms with van der Waals surface area (Å²) in [7, 11) is 0. The van der Waals surface area contributed by atoms with Gasteiger partial charge in [0.25, 0.3) is 5.91 Å². The third kappa shape index (κ3) is 3.76. The van der Waals surface area contributed by atoms with Gasteiger partial charge < -0.3 is 4.90 Å². The minimum Gasteiger partial charge on any atom is -0.338 e. The van der Waals surface area contributed by atoms with E-state index >= 15 is 0 Å². The SMILES string of the molecule is Cc1ccc(C(=O)N2CCCC(Cc3ccccn3)C2)cc1F. The standard InChI is InChI=1S/C19H21FN2O/c1-14-7-8-16(12-18(14)20)19(23)22-10-4-5-15(13-22)11-17-6-2-3-9-21-17/h2-3,6-9,12,15H,4-5,10-11,13H2,1H3. The summed E-state index contributed by atoms with van der Waals surface area (Å²) in [6.45, 7) is 3.16. The number of pyridine rings is 1. The van der Waals surface area contributed by atoms with E-state index in [1.165, 1.54) is 6.07 Å². The van der Waals surface area contributed by atoms with E-state index in [4.69, 9.17) is 0 Å². The maximum Gasteiger partial charge on any atom is 0.253 e. The maximum atomic E-state index is 13.7. The van der Waals surface area contributed by atoms with Crippen LogP contribution in [0.15, 0.2) is 42.6 Å². The Labute approximate surface area is 136 Å². The molecule has 2 aromatic rings. The van der Waals surface area contributed by atoms with Gasteiger partial charge in [-0.25, -0.2) is 4.39 Å². The van der Waals surface area contributed by atoms with Gasteiger partial charge in [-0.2, -0.15) is 0 Å². The highest BCUT2D eigenvalue weighted by Gasteiger charge is 2.25. The van der Waals surface area contributed by atoms with Crippen LogP contribution in [0.1, 0.15) is 34.5 Å². The quantitative estimate of drug-likeness (QED) is 0.867. The van der Waals surface area contributed by atoms with Gasteiger partial charge in [0.1, 0.15) is 5.82 Å². The fraction of sp³-hybridized carbons (Fsp3) is 0.368. The summed E-state index contributed by atoms with van der Waals surface area (Å²) in [5.41, 5.74) is 2.06. The first-order valence-corrected chi connectivity index (χ1v) is 8.09. The van der Waals surface area contributed by atoms with Crippen LogP contribution in [-0.2, 0) is 6.42 Å². The van der Waals surface area contributed by atoms with E-state index in [9.17, 15) is 9.18 Å². The molecule has 2 heterocycles. The summed E-state index contributed by atoms with van der Waals surface area (Å²) < 4.78 is 13.7. The minimum absolute atomic E-state index is 0.0744. The van der Waals surface area contributed by atoms with Crippen molar-refractivity contribution in [3.8, 4) is 0 Å². The second kappa shape index (κ2) is 6.90. The van der Waals surface area contributed by atoms with Gasteiger partial charge in [-0.05, 0) is 61.9 Å². The molecule has 0 spiro atoms. The molecule has 120 valence electrons. The van der Waals surface area contributed by atoms with Crippen LogP contribution in [0.4, 0.5) is 4.39 Å². The van der Waals surface area contributed by atoms with Crippen LogP contribution in [0.25, 0.3) is 0 Å². The Bertz CT molecular complexity index is 687. The molecule has 1 atom stereocenters. The molecule has 1 amide bonds. The number of nitrogens with zero attached hydrogens (tertiary/aromatic N) is 2. The summed E-state index contributed by atoms with van der Waals surface area (Å²) in [5, 5.41) is 0. The molecule has 1 aliphatic rings.